The molecule has 4 bridgehead atoms. The number of carbonyl (C=O) groups is 22. The van der Waals surface area contributed by atoms with Gasteiger partial charge in [-0.3, -0.25) is 105 Å². The molecule has 14 atom stereocenters. The predicted octanol–water partition coefficient (Wildman–Crippen LogP) is -2.46. The number of primary amides is 2. The second kappa shape index (κ2) is 52.4. The average molecular weight is 1940 g/mol. The maximum absolute atomic E-state index is 15.3. The molecule has 0 spiro atoms. The first-order chi connectivity index (χ1) is 63.7. The summed E-state index contributed by atoms with van der Waals surface area (Å²) < 4.78 is 0. The highest BCUT2D eigenvalue weighted by molar-refractivity contribution is 8.00. The van der Waals surface area contributed by atoms with Crippen molar-refractivity contribution in [3.05, 3.63) is 114 Å². The third-order valence-electron chi connectivity index (χ3n) is 22.3. The van der Waals surface area contributed by atoms with E-state index in [1.54, 1.807) is 48.5 Å². The van der Waals surface area contributed by atoms with E-state index in [4.69, 9.17) is 11.5 Å². The molecule has 0 aliphatic carbocycles. The van der Waals surface area contributed by atoms with Crippen molar-refractivity contribution in [1.29, 1.82) is 0 Å². The zero-order valence-corrected chi connectivity index (χ0v) is 77.7. The molecule has 7 rings (SSSR count). The Bertz CT molecular complexity index is 5040. The number of nitrogens with zero attached hydrogens (tertiary/aromatic N) is 3. The van der Waals surface area contributed by atoms with Gasteiger partial charge in [-0.1, -0.05) is 113 Å². The van der Waals surface area contributed by atoms with Crippen molar-refractivity contribution in [2.24, 2.45) is 34.6 Å². The van der Waals surface area contributed by atoms with E-state index in [0.29, 0.717) is 33.7 Å². The molecule has 4 aromatic carbocycles. The van der Waals surface area contributed by atoms with E-state index in [1.165, 1.54) is 97.8 Å². The number of fused-ring (bicyclic) bond motifs is 9. The van der Waals surface area contributed by atoms with Crippen molar-refractivity contribution < 1.29 is 131 Å². The van der Waals surface area contributed by atoms with Gasteiger partial charge in [-0.05, 0) is 78.1 Å². The number of carbonyl (C=O) groups excluding carboxylic acids is 18. The number of nitrogens with one attached hydrogen (secondary N) is 11. The number of aliphatic carboxylic acids is 4. The van der Waals surface area contributed by atoms with Gasteiger partial charge in [0.2, 0.25) is 94.5 Å². The largest absolute Gasteiger partial charge is 0.508 e. The summed E-state index contributed by atoms with van der Waals surface area (Å²) in [7, 11) is 0. The predicted molar refractivity (Wildman–Crippen MR) is 490 cm³/mol. The molecule has 0 unspecified atom stereocenters. The summed E-state index contributed by atoms with van der Waals surface area (Å²) in [6.07, 6.45) is -9.46. The van der Waals surface area contributed by atoms with Gasteiger partial charge in [-0.25, -0.2) is 0 Å². The number of carboxylic acids is 4. The van der Waals surface area contributed by atoms with Crippen molar-refractivity contribution in [3.8, 4) is 5.75 Å². The summed E-state index contributed by atoms with van der Waals surface area (Å²) in [4.78, 5) is 315. The highest BCUT2D eigenvalue weighted by Crippen LogP contribution is 2.28. The number of amides is 16. The second-order valence-electron chi connectivity index (χ2n) is 34.1. The van der Waals surface area contributed by atoms with Crippen LogP contribution in [0.2, 0.25) is 0 Å². The van der Waals surface area contributed by atoms with Crippen LogP contribution in [0.25, 0.3) is 10.8 Å². The van der Waals surface area contributed by atoms with E-state index in [0.717, 1.165) is 30.4 Å². The summed E-state index contributed by atoms with van der Waals surface area (Å²) in [5.41, 5.74) is 11.2. The molecule has 4 aromatic rings. The van der Waals surface area contributed by atoms with Gasteiger partial charge >= 0.3 is 23.9 Å². The molecule has 43 nitrogen and oxygen atoms in total. The Balaban J connectivity index is 1.36. The Labute approximate surface area is 789 Å². The maximum atomic E-state index is 15.3. The Morgan fingerprint density at radius 2 is 0.807 bits per heavy atom. The Kier molecular flexibility index (Phi) is 42.2. The van der Waals surface area contributed by atoms with E-state index >= 15 is 14.4 Å². The van der Waals surface area contributed by atoms with Gasteiger partial charge in [-0.2, -0.15) is 23.5 Å². The highest BCUT2D eigenvalue weighted by atomic mass is 32.2. The van der Waals surface area contributed by atoms with Crippen LogP contribution in [0, 0.1) is 23.2 Å². The number of rotatable bonds is 19. The van der Waals surface area contributed by atoms with Gasteiger partial charge in [0.05, 0.1) is 54.5 Å². The van der Waals surface area contributed by atoms with Gasteiger partial charge < -0.3 is 110 Å². The number of Topliss-reactive ketones (excluding diaryl/α,β-unsaturated/α-hetero) is 2. The fourth-order valence-electron chi connectivity index (χ4n) is 14.7. The van der Waals surface area contributed by atoms with Gasteiger partial charge in [0.25, 0.3) is 0 Å². The standard InChI is InChI=1S/C89H116N16O27S3/c1-47-41-133-44-69(110)103-27-29-104-30-32-105(31-28-103)71(112)46-135-43-65(101-80(124)49(3)93-81(125)54(35-53-17-12-16-52-15-10-11-18-57(52)53)36-66(107)58(23-25-72(113)114)94-85(129)62(38-68(90)109)96-79(123)48(2)92-78(47)122)88(132)95-59(24-26-73(115)116)82(126)99-63(39-74(117)118)86(130)98-60(33-50-13-8-7-9-14-50)83(127)97-61(34-51-19-21-56(106)22-20-51)84(128)100-64(40-75(119)120)87(131)102-76(89(4,5)6)67(108)37-55(77(91)121)42-134-45-70(104)111/h7-22,47-49,54-55,58-65,76,106H,23-46H2,1-6H3,(H2,90,109)(H2,91,121)(H,92,122)(H,93,125)(H,94,129)(H,95,132)(H,96,123)(H,97,127)(H,98,130)(H,99,126)(H,100,128)(H,101,124)(H,102,131)(H,113,114)(H,115,116)(H,117,118)(H,119,120)/t47-,48+,49+,54+,55-,58-,59-,60-,61-,62-,63-,64-,65-,76+/m0/s1. The molecule has 0 aromatic heterocycles. The summed E-state index contributed by atoms with van der Waals surface area (Å²) in [6.45, 7) is 7.13. The van der Waals surface area contributed by atoms with Gasteiger partial charge in [0, 0.05) is 107 Å². The Morgan fingerprint density at radius 3 is 1.31 bits per heavy atom. The molecule has 3 aliphatic rings. The molecular weight excluding hydrogens is 1820 g/mol. The molecule has 3 aliphatic heterocycles. The number of benzene rings is 4. The molecule has 3 fully saturated rings. The van der Waals surface area contributed by atoms with E-state index < -0.39 is 307 Å². The maximum Gasteiger partial charge on any atom is 0.305 e. The van der Waals surface area contributed by atoms with Crippen molar-refractivity contribution in [2.75, 3.05) is 73.8 Å². The molecule has 0 saturated carbocycles. The lowest BCUT2D eigenvalue weighted by Gasteiger charge is -2.33. The first-order valence-corrected chi connectivity index (χ1v) is 46.9. The molecule has 732 valence electrons. The fourth-order valence-corrected chi connectivity index (χ4v) is 17.7. The first-order valence-electron chi connectivity index (χ1n) is 43.4. The smallest absolute Gasteiger partial charge is 0.305 e. The summed E-state index contributed by atoms with van der Waals surface area (Å²) in [5, 5.41) is 78.7. The number of ketones is 2. The molecule has 46 heteroatoms. The number of aromatic hydroxyl groups is 1. The van der Waals surface area contributed by atoms with Crippen molar-refractivity contribution in [1.82, 2.24) is 73.2 Å². The van der Waals surface area contributed by atoms with Crippen molar-refractivity contribution in [3.63, 3.8) is 0 Å². The summed E-state index contributed by atoms with van der Waals surface area (Å²) >= 11 is 2.52. The number of phenolic OH excluding ortho intramolecular Hbond substituents is 1. The lowest BCUT2D eigenvalue weighted by Crippen LogP contribution is -2.61. The van der Waals surface area contributed by atoms with Crippen LogP contribution in [-0.2, 0) is 125 Å². The number of phenols is 1. The first kappa shape index (κ1) is 109. The minimum absolute atomic E-state index is 0.0768. The van der Waals surface area contributed by atoms with Crippen LogP contribution in [-0.4, -0.2) is 310 Å². The molecule has 0 radical (unpaired) electrons. The van der Waals surface area contributed by atoms with Gasteiger partial charge in [0.15, 0.2) is 11.6 Å². The van der Waals surface area contributed by atoms with Gasteiger partial charge in [0.1, 0.15) is 60.1 Å². The van der Waals surface area contributed by atoms with Crippen molar-refractivity contribution in [2.45, 2.75) is 185 Å². The van der Waals surface area contributed by atoms with Crippen molar-refractivity contribution >= 4 is 176 Å². The Hall–Kier alpha value is -13.3. The number of nitrogens with two attached hydrogens (primary N) is 2. The zero-order valence-electron chi connectivity index (χ0n) is 75.2. The van der Waals surface area contributed by atoms with E-state index in [-0.39, 0.29) is 74.3 Å². The summed E-state index contributed by atoms with van der Waals surface area (Å²) in [5.74, 6) is -32.1. The third-order valence-corrected chi connectivity index (χ3v) is 25.6. The minimum Gasteiger partial charge on any atom is -0.508 e. The van der Waals surface area contributed by atoms with Crippen LogP contribution in [0.4, 0.5) is 0 Å². The van der Waals surface area contributed by atoms with E-state index in [1.807, 2.05) is 0 Å². The highest BCUT2D eigenvalue weighted by Gasteiger charge is 2.42. The van der Waals surface area contributed by atoms with Crippen LogP contribution >= 0.6 is 35.3 Å². The molecule has 3 heterocycles. The van der Waals surface area contributed by atoms with Crippen LogP contribution in [0.3, 0.4) is 0 Å². The normalized spacial score (nSPS) is 24.9. The fraction of sp³-hybridized carbons (Fsp3) is 0.506. The average Bonchev–Trinajstić information content (AvgIpc) is 0.899. The molecule has 3 saturated heterocycles. The number of hydrogen-bond donors (Lipinski definition) is 18. The molecule has 16 amide bonds. The monoisotopic (exact) mass is 1940 g/mol. The minimum atomic E-state index is -2.26. The molecule has 20 N–H and O–H groups in total. The summed E-state index contributed by atoms with van der Waals surface area (Å²) in [6, 6.07) is 4.09. The van der Waals surface area contributed by atoms with Crippen LogP contribution < -0.4 is 70.0 Å². The van der Waals surface area contributed by atoms with Crippen LogP contribution in [0.15, 0.2) is 97.1 Å². The zero-order chi connectivity index (χ0) is 99.7. The van der Waals surface area contributed by atoms with Crippen LogP contribution in [0.5, 0.6) is 5.75 Å². The van der Waals surface area contributed by atoms with E-state index in [2.05, 4.69) is 58.5 Å². The number of carboxylic acid groups (broad SMARTS) is 4. The van der Waals surface area contributed by atoms with Crippen LogP contribution in [0.1, 0.15) is 116 Å². The lowest BCUT2D eigenvalue weighted by atomic mass is 9.81. The lowest BCUT2D eigenvalue weighted by molar-refractivity contribution is -0.142. The quantitative estimate of drug-likeness (QED) is 0.0463. The Morgan fingerprint density at radius 1 is 0.393 bits per heavy atom. The second-order valence-corrected chi connectivity index (χ2v) is 37.2. The SMILES string of the molecule is C[C@H]1CSCC(=O)N2CCN3CCN(CC2)C(=O)CSC[C@H](NC(=O)[C@@H](C)NC(=O)[C@H](Cc2cccc4ccccc24)CC(=O)[C@H](CCC(=O)O)NC(=O)[C@H](CC(N)=O)NC(=O)[C@@H](C)NC1=O)C(=O)N[C@@H](CCC(=O)O)C(=O)N[C@@H](CC(=O)O)C(=O)N[C@@H](Cc1ccccc1)C(=O)N[C@@H](Cc1ccc(O)cc1)C(=O)N[C@@H](CC(=O)O)C(=O)N[C@@H](C(C)(C)C)C(=O)C[C@H](C(N)=O)CSCC3=O. The number of hydrogen-bond acceptors (Lipinski definition) is 26. The number of thioether (sulfide) groups is 3. The van der Waals surface area contributed by atoms with Gasteiger partial charge in [-0.15, -0.1) is 11.8 Å². The topological polar surface area (TPSA) is 671 Å². The molecular formula is C89H116N16O27S3. The molecule has 135 heavy (non-hydrogen) atoms. The third kappa shape index (κ3) is 35.6. The van der Waals surface area contributed by atoms with E-state index in [9.17, 15) is 117 Å².